The van der Waals surface area contributed by atoms with Crippen LogP contribution in [0.4, 0.5) is 0 Å². The van der Waals surface area contributed by atoms with Crippen LogP contribution in [-0.2, 0) is 0 Å². The molecule has 0 unspecified atom stereocenters. The zero-order valence-corrected chi connectivity index (χ0v) is 12.9. The third-order valence-corrected chi connectivity index (χ3v) is 2.05. The van der Waals surface area contributed by atoms with Crippen molar-refractivity contribution >= 4 is 6.21 Å². The molecule has 3 heteroatoms. The fraction of sp³-hybridized carbons (Fsp3) is 0.750. The first kappa shape index (κ1) is 23.1. The molecule has 19 heavy (non-hydrogen) atoms. The van der Waals surface area contributed by atoms with Gasteiger partial charge in [-0.25, -0.2) is 4.99 Å². The van der Waals surface area contributed by atoms with Gasteiger partial charge >= 0.3 is 0 Å². The second kappa shape index (κ2) is 19.3. The molecule has 0 amide bonds. The Balaban J connectivity index is -0.000000376. The molecule has 1 rings (SSSR count). The number of rotatable bonds is 2. The molecule has 0 aromatic carbocycles. The van der Waals surface area contributed by atoms with E-state index in [-0.39, 0.29) is 7.43 Å². The van der Waals surface area contributed by atoms with E-state index in [1.807, 2.05) is 20.8 Å². The van der Waals surface area contributed by atoms with Gasteiger partial charge in [-0.15, -0.1) is 0 Å². The van der Waals surface area contributed by atoms with Gasteiger partial charge in [0.05, 0.1) is 0 Å². The van der Waals surface area contributed by atoms with Gasteiger partial charge in [0.25, 0.3) is 0 Å². The first-order valence-corrected chi connectivity index (χ1v) is 7.14. The van der Waals surface area contributed by atoms with Crippen molar-refractivity contribution in [3.63, 3.8) is 0 Å². The molecule has 114 valence electrons. The lowest BCUT2D eigenvalue weighted by molar-refractivity contribution is 0.365. The van der Waals surface area contributed by atoms with Gasteiger partial charge in [-0.2, -0.15) is 0 Å². The van der Waals surface area contributed by atoms with Crippen molar-refractivity contribution < 1.29 is 0 Å². The number of nitrogens with one attached hydrogen (secondary N) is 1. The first-order chi connectivity index (χ1) is 8.79. The Hall–Kier alpha value is -1.05. The van der Waals surface area contributed by atoms with Gasteiger partial charge in [-0.1, -0.05) is 53.9 Å². The summed E-state index contributed by atoms with van der Waals surface area (Å²) in [5.41, 5.74) is 2.87. The Morgan fingerprint density at radius 3 is 2.37 bits per heavy atom. The Bertz CT molecular complexity index is 232. The minimum atomic E-state index is 0. The summed E-state index contributed by atoms with van der Waals surface area (Å²) in [6.45, 7) is 18.0. The van der Waals surface area contributed by atoms with Crippen LogP contribution in [0.3, 0.4) is 0 Å². The Kier molecular flexibility index (Phi) is 23.4. The number of nitrogens with zero attached hydrogens (tertiary/aromatic N) is 2. The summed E-state index contributed by atoms with van der Waals surface area (Å²) in [7, 11) is 0. The van der Waals surface area contributed by atoms with E-state index in [1.54, 1.807) is 6.21 Å². The molecule has 0 aliphatic carbocycles. The van der Waals surface area contributed by atoms with Gasteiger partial charge in [0.2, 0.25) is 0 Å². The monoisotopic (exact) mass is 269 g/mol. The quantitative estimate of drug-likeness (QED) is 0.604. The zero-order chi connectivity index (χ0) is 14.2. The minimum Gasteiger partial charge on any atom is -0.349 e. The predicted octanol–water partition coefficient (Wildman–Crippen LogP) is 4.08. The van der Waals surface area contributed by atoms with Crippen molar-refractivity contribution in [2.24, 2.45) is 4.99 Å². The van der Waals surface area contributed by atoms with Crippen molar-refractivity contribution in [2.75, 3.05) is 26.2 Å². The lowest BCUT2D eigenvalue weighted by atomic mass is 10.4. The van der Waals surface area contributed by atoms with Crippen molar-refractivity contribution in [2.45, 2.75) is 54.9 Å². The van der Waals surface area contributed by atoms with E-state index in [2.05, 4.69) is 41.4 Å². The lowest BCUT2D eigenvalue weighted by Gasteiger charge is -2.20. The predicted molar refractivity (Wildman–Crippen MR) is 89.9 cm³/mol. The third kappa shape index (κ3) is 13.2. The van der Waals surface area contributed by atoms with Crippen molar-refractivity contribution in [1.29, 1.82) is 0 Å². The summed E-state index contributed by atoms with van der Waals surface area (Å²) < 4.78 is 0. The average Bonchev–Trinajstić information content (AvgIpc) is 2.68. The summed E-state index contributed by atoms with van der Waals surface area (Å²) in [6.07, 6.45) is 4.19. The molecular weight excluding hydrogens is 234 g/mol. The molecule has 3 nitrogen and oxygen atoms in total. The van der Waals surface area contributed by atoms with Gasteiger partial charge < -0.3 is 10.2 Å². The van der Waals surface area contributed by atoms with Gasteiger partial charge in [-0.3, -0.25) is 0 Å². The molecule has 1 aliphatic rings. The maximum absolute atomic E-state index is 4.22. The van der Waals surface area contributed by atoms with Gasteiger partial charge in [0, 0.05) is 25.8 Å². The molecule has 1 aliphatic heterocycles. The van der Waals surface area contributed by atoms with Gasteiger partial charge in [0.1, 0.15) is 0 Å². The standard InChI is InChI=1S/C10H17N3.C3H8.C2H6.CH4/c1-3-10(12-4-2)13-8-5-6-11-7-9-13;1-3-2;1-2;/h4,11H,1,5-9H2,2H3;3H2,1-2H3;1-2H3;1H4/b12-4-;;;. The van der Waals surface area contributed by atoms with Crippen LogP contribution in [0.5, 0.6) is 0 Å². The van der Waals surface area contributed by atoms with E-state index < -0.39 is 0 Å². The molecule has 1 fully saturated rings. The fourth-order valence-electron chi connectivity index (χ4n) is 1.42. The molecule has 0 bridgehead atoms. The summed E-state index contributed by atoms with van der Waals surface area (Å²) in [5, 5.41) is 3.34. The average molecular weight is 269 g/mol. The van der Waals surface area contributed by atoms with Crippen molar-refractivity contribution in [3.8, 4) is 0 Å². The summed E-state index contributed by atoms with van der Waals surface area (Å²) in [4.78, 5) is 6.44. The Morgan fingerprint density at radius 1 is 1.32 bits per heavy atom. The molecule has 0 aromatic rings. The third-order valence-electron chi connectivity index (χ3n) is 2.05. The number of hydrogen-bond acceptors (Lipinski definition) is 3. The zero-order valence-electron chi connectivity index (χ0n) is 12.9. The molecule has 1 N–H and O–H groups in total. The van der Waals surface area contributed by atoms with E-state index in [4.69, 9.17) is 0 Å². The summed E-state index contributed by atoms with van der Waals surface area (Å²) in [6, 6.07) is 0. The second-order valence-electron chi connectivity index (χ2n) is 3.69. The first-order valence-electron chi connectivity index (χ1n) is 7.14. The molecule has 1 heterocycles. The van der Waals surface area contributed by atoms with Crippen LogP contribution in [0.2, 0.25) is 0 Å². The Morgan fingerprint density at radius 2 is 1.89 bits per heavy atom. The largest absolute Gasteiger partial charge is 0.349 e. The van der Waals surface area contributed by atoms with Crippen LogP contribution in [0.1, 0.15) is 54.9 Å². The van der Waals surface area contributed by atoms with E-state index in [9.17, 15) is 0 Å². The molecule has 0 radical (unpaired) electrons. The van der Waals surface area contributed by atoms with Crippen LogP contribution in [0, 0.1) is 0 Å². The van der Waals surface area contributed by atoms with Crippen molar-refractivity contribution in [1.82, 2.24) is 10.2 Å². The maximum Gasteiger partial charge on any atom is 0.172 e. The second-order valence-corrected chi connectivity index (χ2v) is 3.69. The smallest absolute Gasteiger partial charge is 0.172 e. The normalized spacial score (nSPS) is 13.8. The van der Waals surface area contributed by atoms with E-state index in [1.165, 1.54) is 6.42 Å². The highest BCUT2D eigenvalue weighted by atomic mass is 15.2. The van der Waals surface area contributed by atoms with E-state index in [0.29, 0.717) is 0 Å². The van der Waals surface area contributed by atoms with E-state index >= 15 is 0 Å². The molecule has 1 saturated heterocycles. The van der Waals surface area contributed by atoms with Crippen molar-refractivity contribution in [3.05, 3.63) is 18.1 Å². The van der Waals surface area contributed by atoms with Gasteiger partial charge in [0.15, 0.2) is 5.82 Å². The van der Waals surface area contributed by atoms with Gasteiger partial charge in [-0.05, 0) is 19.9 Å². The van der Waals surface area contributed by atoms with Crippen LogP contribution >= 0.6 is 0 Å². The number of hydrogen-bond donors (Lipinski definition) is 1. The summed E-state index contributed by atoms with van der Waals surface area (Å²) in [5.74, 6) is 0.867. The maximum atomic E-state index is 4.22. The molecular formula is C16H35N3. The highest BCUT2D eigenvalue weighted by molar-refractivity contribution is 5.55. The lowest BCUT2D eigenvalue weighted by Crippen LogP contribution is -2.26. The molecule has 0 spiro atoms. The molecule has 0 aromatic heterocycles. The minimum absolute atomic E-state index is 0. The SMILES string of the molecule is C.C=C=C(/N=C\C)N1CCCNCC1.CC.CCC. The van der Waals surface area contributed by atoms with Crippen LogP contribution in [0.15, 0.2) is 23.1 Å². The van der Waals surface area contributed by atoms with Crippen LogP contribution in [0.25, 0.3) is 0 Å². The van der Waals surface area contributed by atoms with Crippen LogP contribution in [-0.4, -0.2) is 37.3 Å². The summed E-state index contributed by atoms with van der Waals surface area (Å²) >= 11 is 0. The fourth-order valence-corrected chi connectivity index (χ4v) is 1.42. The molecule has 0 saturated carbocycles. The highest BCUT2D eigenvalue weighted by Gasteiger charge is 2.09. The Labute approximate surface area is 121 Å². The topological polar surface area (TPSA) is 27.6 Å². The van der Waals surface area contributed by atoms with E-state index in [0.717, 1.165) is 38.4 Å². The number of aliphatic imine (C=N–C) groups is 1. The molecule has 0 atom stereocenters. The van der Waals surface area contributed by atoms with Crippen LogP contribution < -0.4 is 5.32 Å². The highest BCUT2D eigenvalue weighted by Crippen LogP contribution is 2.05.